The molecule has 1 aliphatic rings. The van der Waals surface area contributed by atoms with Crippen molar-refractivity contribution in [2.75, 3.05) is 16.8 Å². The summed E-state index contributed by atoms with van der Waals surface area (Å²) in [6, 6.07) is 14.2. The summed E-state index contributed by atoms with van der Waals surface area (Å²) in [4.78, 5) is 15.0. The van der Waals surface area contributed by atoms with Crippen LogP contribution in [0.3, 0.4) is 0 Å². The quantitative estimate of drug-likeness (QED) is 0.860. The van der Waals surface area contributed by atoms with Gasteiger partial charge in [0.25, 0.3) is 5.91 Å². The monoisotopic (exact) mass is 345 g/mol. The molecule has 2 aromatic rings. The van der Waals surface area contributed by atoms with Crippen molar-refractivity contribution < 1.29 is 4.79 Å². The van der Waals surface area contributed by atoms with Crippen molar-refractivity contribution in [2.45, 2.75) is 6.42 Å². The predicted octanol–water partition coefficient (Wildman–Crippen LogP) is 3.19. The zero-order chi connectivity index (χ0) is 17.8. The van der Waals surface area contributed by atoms with E-state index in [-0.39, 0.29) is 17.2 Å². The number of allylic oxidation sites excluding steroid dienone is 2. The Kier molecular flexibility index (Phi) is 4.48. The van der Waals surface area contributed by atoms with Crippen molar-refractivity contribution in [2.24, 2.45) is 0 Å². The molecule has 0 saturated heterocycles. The van der Waals surface area contributed by atoms with E-state index in [4.69, 9.17) is 15.8 Å². The number of rotatable bonds is 3. The first-order valence-corrected chi connectivity index (χ1v) is 8.25. The summed E-state index contributed by atoms with van der Waals surface area (Å²) in [7, 11) is 0. The van der Waals surface area contributed by atoms with Gasteiger partial charge in [0.15, 0.2) is 5.57 Å². The topological polar surface area (TPSA) is 104 Å². The molecule has 0 saturated carbocycles. The maximum absolute atomic E-state index is 12.6. The standard InChI is InChI=1S/C18H11N5OS/c19-9-13(10-20)15(11-21)22-14-4-3-12-5-6-23(16(12)8-14)18(24)17-2-1-7-25-17/h1-4,7-8,22H,5-6H2. The molecule has 25 heavy (non-hydrogen) atoms. The highest BCUT2D eigenvalue weighted by Crippen LogP contribution is 2.33. The molecule has 0 bridgehead atoms. The van der Waals surface area contributed by atoms with E-state index in [1.54, 1.807) is 35.2 Å². The van der Waals surface area contributed by atoms with Crippen LogP contribution in [0.1, 0.15) is 15.2 Å². The number of fused-ring (bicyclic) bond motifs is 1. The van der Waals surface area contributed by atoms with Crippen molar-refractivity contribution in [3.05, 3.63) is 57.4 Å². The van der Waals surface area contributed by atoms with Crippen LogP contribution < -0.4 is 10.2 Å². The van der Waals surface area contributed by atoms with Gasteiger partial charge in [0, 0.05) is 17.9 Å². The van der Waals surface area contributed by atoms with Gasteiger partial charge < -0.3 is 10.2 Å². The van der Waals surface area contributed by atoms with Crippen molar-refractivity contribution in [3.8, 4) is 18.2 Å². The van der Waals surface area contributed by atoms with Gasteiger partial charge in [-0.25, -0.2) is 0 Å². The van der Waals surface area contributed by atoms with E-state index in [0.717, 1.165) is 17.7 Å². The summed E-state index contributed by atoms with van der Waals surface area (Å²) in [6.07, 6.45) is 0.759. The third-order valence-electron chi connectivity index (χ3n) is 3.81. The van der Waals surface area contributed by atoms with Gasteiger partial charge in [0.1, 0.15) is 23.9 Å². The number of benzene rings is 1. The Bertz CT molecular complexity index is 970. The molecule has 0 aliphatic carbocycles. The molecule has 1 aliphatic heterocycles. The first-order chi connectivity index (χ1) is 12.2. The molecule has 0 unspecified atom stereocenters. The highest BCUT2D eigenvalue weighted by Gasteiger charge is 2.26. The predicted molar refractivity (Wildman–Crippen MR) is 93.6 cm³/mol. The highest BCUT2D eigenvalue weighted by atomic mass is 32.1. The normalized spacial score (nSPS) is 11.6. The van der Waals surface area contributed by atoms with Gasteiger partial charge in [0.05, 0.1) is 4.88 Å². The smallest absolute Gasteiger partial charge is 0.268 e. The van der Waals surface area contributed by atoms with Gasteiger partial charge in [-0.2, -0.15) is 15.8 Å². The molecule has 1 aromatic carbocycles. The number of nitrogens with zero attached hydrogens (tertiary/aromatic N) is 4. The fourth-order valence-corrected chi connectivity index (χ4v) is 3.30. The van der Waals surface area contributed by atoms with E-state index in [1.807, 2.05) is 23.6 Å². The fourth-order valence-electron chi connectivity index (χ4n) is 2.63. The number of nitriles is 3. The lowest BCUT2D eigenvalue weighted by molar-refractivity contribution is 0.0993. The number of carbonyl (C=O) groups is 1. The lowest BCUT2D eigenvalue weighted by atomic mass is 10.1. The summed E-state index contributed by atoms with van der Waals surface area (Å²) in [5, 5.41) is 31.6. The first kappa shape index (κ1) is 16.3. The number of hydrogen-bond acceptors (Lipinski definition) is 6. The number of carbonyl (C=O) groups excluding carboxylic acids is 1. The molecule has 0 fully saturated rings. The zero-order valence-electron chi connectivity index (χ0n) is 13.0. The molecular formula is C18H11N5OS. The second kappa shape index (κ2) is 6.88. The first-order valence-electron chi connectivity index (χ1n) is 7.38. The molecule has 1 amide bonds. The maximum Gasteiger partial charge on any atom is 0.268 e. The van der Waals surface area contributed by atoms with Crippen molar-refractivity contribution >= 4 is 28.6 Å². The largest absolute Gasteiger partial charge is 0.345 e. The third kappa shape index (κ3) is 3.07. The van der Waals surface area contributed by atoms with Crippen LogP contribution in [0.4, 0.5) is 11.4 Å². The molecule has 0 radical (unpaired) electrons. The van der Waals surface area contributed by atoms with E-state index in [1.165, 1.54) is 11.3 Å². The number of anilines is 2. The van der Waals surface area contributed by atoms with Crippen LogP contribution in [0.5, 0.6) is 0 Å². The van der Waals surface area contributed by atoms with Crippen LogP contribution in [0, 0.1) is 34.0 Å². The summed E-state index contributed by atoms with van der Waals surface area (Å²) < 4.78 is 0. The molecule has 1 N–H and O–H groups in total. The number of hydrogen-bond donors (Lipinski definition) is 1. The van der Waals surface area contributed by atoms with Crippen LogP contribution in [-0.4, -0.2) is 12.5 Å². The summed E-state index contributed by atoms with van der Waals surface area (Å²) in [5.41, 5.74) is 1.97. The van der Waals surface area contributed by atoms with Crippen LogP contribution in [0.25, 0.3) is 0 Å². The summed E-state index contributed by atoms with van der Waals surface area (Å²) in [5.74, 6) is -0.0586. The van der Waals surface area contributed by atoms with Crippen LogP contribution in [-0.2, 0) is 6.42 Å². The minimum absolute atomic E-state index is 0.0586. The Morgan fingerprint density at radius 3 is 2.60 bits per heavy atom. The van der Waals surface area contributed by atoms with Crippen LogP contribution in [0.2, 0.25) is 0 Å². The van der Waals surface area contributed by atoms with Crippen molar-refractivity contribution in [1.82, 2.24) is 0 Å². The second-order valence-electron chi connectivity index (χ2n) is 5.24. The fraction of sp³-hybridized carbons (Fsp3) is 0.111. The van der Waals surface area contributed by atoms with Gasteiger partial charge in [-0.3, -0.25) is 4.79 Å². The molecule has 1 aromatic heterocycles. The Balaban J connectivity index is 1.93. The zero-order valence-corrected chi connectivity index (χ0v) is 13.8. The molecule has 0 atom stereocenters. The second-order valence-corrected chi connectivity index (χ2v) is 6.19. The molecular weight excluding hydrogens is 334 g/mol. The lowest BCUT2D eigenvalue weighted by Crippen LogP contribution is -2.28. The van der Waals surface area contributed by atoms with Gasteiger partial charge in [0.2, 0.25) is 0 Å². The van der Waals surface area contributed by atoms with E-state index < -0.39 is 0 Å². The van der Waals surface area contributed by atoms with Crippen LogP contribution >= 0.6 is 11.3 Å². The molecule has 3 rings (SSSR count). The third-order valence-corrected chi connectivity index (χ3v) is 4.67. The van der Waals surface area contributed by atoms with Gasteiger partial charge in [-0.1, -0.05) is 12.1 Å². The van der Waals surface area contributed by atoms with E-state index in [9.17, 15) is 4.79 Å². The van der Waals surface area contributed by atoms with Gasteiger partial charge in [-0.15, -0.1) is 11.3 Å². The van der Waals surface area contributed by atoms with Gasteiger partial charge >= 0.3 is 0 Å². The lowest BCUT2D eigenvalue weighted by Gasteiger charge is -2.17. The Morgan fingerprint density at radius 1 is 1.16 bits per heavy atom. The molecule has 2 heterocycles. The summed E-state index contributed by atoms with van der Waals surface area (Å²) >= 11 is 1.39. The minimum atomic E-state index is -0.283. The Hall–Kier alpha value is -3.60. The molecule has 6 nitrogen and oxygen atoms in total. The highest BCUT2D eigenvalue weighted by molar-refractivity contribution is 7.12. The maximum atomic E-state index is 12.6. The van der Waals surface area contributed by atoms with Crippen LogP contribution in [0.15, 0.2) is 47.0 Å². The number of thiophene rings is 1. The van der Waals surface area contributed by atoms with Crippen molar-refractivity contribution in [1.29, 1.82) is 15.8 Å². The number of nitrogens with one attached hydrogen (secondary N) is 1. The number of amides is 1. The molecule has 0 spiro atoms. The van der Waals surface area contributed by atoms with Crippen molar-refractivity contribution in [3.63, 3.8) is 0 Å². The average Bonchev–Trinajstić information content (AvgIpc) is 3.30. The van der Waals surface area contributed by atoms with E-state index >= 15 is 0 Å². The SMILES string of the molecule is N#CC(C#N)=C(C#N)Nc1ccc2c(c1)N(C(=O)c1cccs1)CC2. The van der Waals surface area contributed by atoms with E-state index in [0.29, 0.717) is 17.1 Å². The molecule has 7 heteroatoms. The Labute approximate surface area is 148 Å². The average molecular weight is 345 g/mol. The molecule has 120 valence electrons. The Morgan fingerprint density at radius 2 is 1.96 bits per heavy atom. The van der Waals surface area contributed by atoms with Gasteiger partial charge in [-0.05, 0) is 35.6 Å². The van der Waals surface area contributed by atoms with E-state index in [2.05, 4.69) is 5.32 Å². The summed E-state index contributed by atoms with van der Waals surface area (Å²) in [6.45, 7) is 0.595. The minimum Gasteiger partial charge on any atom is -0.345 e.